The number of hydrogen-bond acceptors (Lipinski definition) is 4. The molecule has 0 heterocycles. The normalized spacial score (nSPS) is 50.6. The number of esters is 1. The van der Waals surface area contributed by atoms with Crippen LogP contribution in [0.15, 0.2) is 24.3 Å². The number of nitrogens with one attached hydrogen (secondary N) is 1. The minimum Gasteiger partial charge on any atom is -0.469 e. The van der Waals surface area contributed by atoms with Crippen LogP contribution in [0.25, 0.3) is 0 Å². The second-order valence-electron chi connectivity index (χ2n) is 7.63. The summed E-state index contributed by atoms with van der Waals surface area (Å²) in [5.74, 6) is 2.81. The van der Waals surface area contributed by atoms with Gasteiger partial charge in [-0.15, -0.1) is 0 Å². The molecule has 4 unspecified atom stereocenters. The third-order valence-corrected chi connectivity index (χ3v) is 7.84. The molecule has 0 bridgehead atoms. The highest BCUT2D eigenvalue weighted by molar-refractivity contribution is 6.08. The topological polar surface area (TPSA) is 79.2 Å². The van der Waals surface area contributed by atoms with E-state index in [1.165, 1.54) is 7.11 Å². The average Bonchev–Trinajstić information content (AvgIpc) is 2.61. The highest BCUT2D eigenvalue weighted by Gasteiger charge is 3.14. The molecule has 4 atom stereocenters. The van der Waals surface area contributed by atoms with Gasteiger partial charge in [-0.3, -0.25) is 9.59 Å². The Morgan fingerprint density at radius 1 is 1.09 bits per heavy atom. The Hall–Kier alpha value is -2.35. The maximum Gasteiger partial charge on any atom is 0.313 e. The Morgan fingerprint density at radius 3 is 2.17 bits per heavy atom. The van der Waals surface area contributed by atoms with Crippen molar-refractivity contribution in [2.45, 2.75) is 0 Å². The standard InChI is InChI=1S/C18H14N2O3/c1-23-16(22)18-13-10-9-11(13)17(18,12(9)14(10)18)15(21)20-8-4-2-7(6-19)3-5-8/h2-5,9-14H,1H3,(H,20,21). The van der Waals surface area contributed by atoms with Gasteiger partial charge < -0.3 is 10.1 Å². The van der Waals surface area contributed by atoms with Gasteiger partial charge >= 0.3 is 5.97 Å². The van der Waals surface area contributed by atoms with Gasteiger partial charge in [0.05, 0.1) is 29.6 Å². The summed E-state index contributed by atoms with van der Waals surface area (Å²) in [6.07, 6.45) is 0. The summed E-state index contributed by atoms with van der Waals surface area (Å²) in [5, 5.41) is 11.8. The molecule has 0 spiro atoms. The smallest absolute Gasteiger partial charge is 0.313 e. The van der Waals surface area contributed by atoms with Gasteiger partial charge in [-0.05, 0) is 59.8 Å². The summed E-state index contributed by atoms with van der Waals surface area (Å²) in [7, 11) is 1.43. The molecule has 1 N–H and O–H groups in total. The molecule has 114 valence electrons. The molecular formula is C18H14N2O3. The van der Waals surface area contributed by atoms with Gasteiger partial charge in [0.15, 0.2) is 0 Å². The molecule has 0 aromatic heterocycles. The molecule has 6 aliphatic rings. The molecule has 0 aliphatic heterocycles. The van der Waals surface area contributed by atoms with E-state index >= 15 is 0 Å². The third kappa shape index (κ3) is 0.779. The number of carbonyl (C=O) groups is 2. The first-order chi connectivity index (χ1) is 11.2. The van der Waals surface area contributed by atoms with E-state index in [0.717, 1.165) is 0 Å². The maximum atomic E-state index is 13.0. The molecule has 5 nitrogen and oxygen atoms in total. The number of amides is 1. The molecule has 1 aromatic rings. The predicted molar refractivity (Wildman–Crippen MR) is 77.6 cm³/mol. The van der Waals surface area contributed by atoms with E-state index in [0.29, 0.717) is 46.8 Å². The number of anilines is 1. The number of methoxy groups -OCH3 is 1. The fourth-order valence-corrected chi connectivity index (χ4v) is 7.50. The summed E-state index contributed by atoms with van der Waals surface area (Å²) in [6.45, 7) is 0. The Balaban J connectivity index is 1.33. The summed E-state index contributed by atoms with van der Waals surface area (Å²) in [6, 6.07) is 8.91. The van der Waals surface area contributed by atoms with Gasteiger partial charge in [0.1, 0.15) is 0 Å². The van der Waals surface area contributed by atoms with E-state index in [9.17, 15) is 9.59 Å². The molecule has 23 heavy (non-hydrogen) atoms. The number of carbonyl (C=O) groups excluding carboxylic acids is 2. The zero-order valence-corrected chi connectivity index (χ0v) is 12.4. The minimum absolute atomic E-state index is 0.0236. The highest BCUT2D eigenvalue weighted by atomic mass is 16.5. The molecule has 6 saturated carbocycles. The second-order valence-corrected chi connectivity index (χ2v) is 7.63. The number of ether oxygens (including phenoxy) is 1. The first-order valence-electron chi connectivity index (χ1n) is 8.05. The summed E-state index contributed by atoms with van der Waals surface area (Å²) in [4.78, 5) is 25.4. The highest BCUT2D eigenvalue weighted by Crippen LogP contribution is 3.10. The predicted octanol–water partition coefficient (Wildman–Crippen LogP) is 1.41. The van der Waals surface area contributed by atoms with Crippen LogP contribution in [0.3, 0.4) is 0 Å². The van der Waals surface area contributed by atoms with Crippen molar-refractivity contribution < 1.29 is 14.3 Å². The van der Waals surface area contributed by atoms with Crippen molar-refractivity contribution >= 4 is 17.6 Å². The Labute approximate surface area is 132 Å². The zero-order chi connectivity index (χ0) is 15.7. The lowest BCUT2D eigenvalue weighted by molar-refractivity contribution is -0.627. The monoisotopic (exact) mass is 306 g/mol. The minimum atomic E-state index is -0.507. The quantitative estimate of drug-likeness (QED) is 0.856. The summed E-state index contributed by atoms with van der Waals surface area (Å²) in [5.41, 5.74) is 0.240. The third-order valence-electron chi connectivity index (χ3n) is 7.84. The molecule has 0 radical (unpaired) electrons. The van der Waals surface area contributed by atoms with Crippen LogP contribution in [0.2, 0.25) is 0 Å². The molecule has 6 aliphatic carbocycles. The molecule has 5 heteroatoms. The second kappa shape index (κ2) is 3.14. The van der Waals surface area contributed by atoms with Gasteiger partial charge in [0.25, 0.3) is 0 Å². The van der Waals surface area contributed by atoms with E-state index in [4.69, 9.17) is 10.00 Å². The van der Waals surface area contributed by atoms with Crippen molar-refractivity contribution in [2.24, 2.45) is 46.3 Å². The molecular weight excluding hydrogens is 292 g/mol. The number of nitrogens with zero attached hydrogens (tertiary/aromatic N) is 1. The number of hydrogen-bond donors (Lipinski definition) is 1. The van der Waals surface area contributed by atoms with E-state index in [2.05, 4.69) is 11.4 Å². The molecule has 0 saturated heterocycles. The number of rotatable bonds is 3. The lowest BCUT2D eigenvalue weighted by Gasteiger charge is -3.09. The van der Waals surface area contributed by atoms with Crippen molar-refractivity contribution in [1.82, 2.24) is 0 Å². The molecule has 7 rings (SSSR count). The fraction of sp³-hybridized carbons (Fsp3) is 0.500. The Morgan fingerprint density at radius 2 is 1.65 bits per heavy atom. The van der Waals surface area contributed by atoms with E-state index in [1.807, 2.05) is 0 Å². The van der Waals surface area contributed by atoms with Crippen LogP contribution < -0.4 is 5.32 Å². The van der Waals surface area contributed by atoms with Crippen LogP contribution in [0, 0.1) is 57.7 Å². The van der Waals surface area contributed by atoms with Gasteiger partial charge in [0.2, 0.25) is 5.91 Å². The van der Waals surface area contributed by atoms with Gasteiger partial charge in [-0.2, -0.15) is 5.26 Å². The van der Waals surface area contributed by atoms with Crippen LogP contribution >= 0.6 is 0 Å². The first kappa shape index (κ1) is 12.1. The lowest BCUT2D eigenvalue weighted by Crippen LogP contribution is -3.12. The van der Waals surface area contributed by atoms with Gasteiger partial charge in [-0.1, -0.05) is 0 Å². The first-order valence-corrected chi connectivity index (χ1v) is 8.05. The van der Waals surface area contributed by atoms with E-state index in [-0.39, 0.29) is 11.9 Å². The lowest BCUT2D eigenvalue weighted by atomic mass is 8.91. The van der Waals surface area contributed by atoms with Crippen LogP contribution in [-0.4, -0.2) is 19.0 Å². The van der Waals surface area contributed by atoms with Crippen molar-refractivity contribution in [2.75, 3.05) is 12.4 Å². The number of nitriles is 1. The Bertz CT molecular complexity index is 832. The SMILES string of the molecule is COC(=O)C12C3C4C5C3C1(C(=O)Nc1ccc(C#N)cc1)C5C42. The summed E-state index contributed by atoms with van der Waals surface area (Å²) < 4.78 is 5.06. The van der Waals surface area contributed by atoms with E-state index < -0.39 is 10.8 Å². The molecule has 1 aromatic carbocycles. The van der Waals surface area contributed by atoms with Crippen LogP contribution in [-0.2, 0) is 14.3 Å². The molecule has 1 amide bonds. The largest absolute Gasteiger partial charge is 0.469 e. The van der Waals surface area contributed by atoms with Gasteiger partial charge in [0, 0.05) is 5.69 Å². The van der Waals surface area contributed by atoms with Crippen molar-refractivity contribution in [3.8, 4) is 6.07 Å². The van der Waals surface area contributed by atoms with Crippen LogP contribution in [0.5, 0.6) is 0 Å². The van der Waals surface area contributed by atoms with E-state index in [1.54, 1.807) is 24.3 Å². The molecule has 6 fully saturated rings. The fourth-order valence-electron chi connectivity index (χ4n) is 7.50. The zero-order valence-electron chi connectivity index (χ0n) is 12.4. The summed E-state index contributed by atoms with van der Waals surface area (Å²) >= 11 is 0. The maximum absolute atomic E-state index is 13.0. The number of benzene rings is 1. The van der Waals surface area contributed by atoms with Crippen LogP contribution in [0.1, 0.15) is 5.56 Å². The van der Waals surface area contributed by atoms with Crippen molar-refractivity contribution in [3.05, 3.63) is 29.8 Å². The van der Waals surface area contributed by atoms with Crippen LogP contribution in [0.4, 0.5) is 5.69 Å². The van der Waals surface area contributed by atoms with Crippen molar-refractivity contribution in [1.29, 1.82) is 5.26 Å². The van der Waals surface area contributed by atoms with Gasteiger partial charge in [-0.25, -0.2) is 0 Å². The Kier molecular flexibility index (Phi) is 1.65. The van der Waals surface area contributed by atoms with Crippen molar-refractivity contribution in [3.63, 3.8) is 0 Å². The average molecular weight is 306 g/mol.